The van der Waals surface area contributed by atoms with Gasteiger partial charge in [-0.1, -0.05) is 260 Å². The van der Waals surface area contributed by atoms with E-state index >= 15 is 0 Å². The van der Waals surface area contributed by atoms with Gasteiger partial charge < -0.3 is 0 Å². The standard InChI is InChI=1S/C79H58/c1-77(2)67-28-16-13-19-53(67)56-39-35-49(44-70(56)77)47-31-33-48(34-32-47)73-59-22-7-8-23-60(59)76(52-37-41-58-55-21-15-18-30-69(55)79(5,6)72(58)46-52)65-42-38-50(43-66(65)73)74-61-24-9-11-26-63(61)75(64-27-12-10-25-62(64)74)51-36-40-57-54-20-14-17-29-68(54)78(3,4)71(57)45-51/h7-46H,1-6H3. The third-order valence-electron chi connectivity index (χ3n) is 19.1. The molecule has 13 aromatic carbocycles. The van der Waals surface area contributed by atoms with Gasteiger partial charge in [0.15, 0.2) is 0 Å². The van der Waals surface area contributed by atoms with E-state index in [9.17, 15) is 0 Å². The van der Waals surface area contributed by atoms with Gasteiger partial charge in [-0.3, -0.25) is 0 Å². The molecule has 13 aromatic rings. The van der Waals surface area contributed by atoms with Crippen molar-refractivity contribution in [2.45, 2.75) is 57.8 Å². The smallest absolute Gasteiger partial charge is 0.0159 e. The number of fused-ring (bicyclic) bond motifs is 13. The zero-order chi connectivity index (χ0) is 53.1. The number of hydrogen-bond acceptors (Lipinski definition) is 0. The summed E-state index contributed by atoms with van der Waals surface area (Å²) in [5, 5.41) is 10.1. The quantitative estimate of drug-likeness (QED) is 0.151. The van der Waals surface area contributed by atoms with Gasteiger partial charge in [-0.15, -0.1) is 0 Å². The highest BCUT2D eigenvalue weighted by molar-refractivity contribution is 6.25. The summed E-state index contributed by atoms with van der Waals surface area (Å²) < 4.78 is 0. The van der Waals surface area contributed by atoms with Crippen LogP contribution >= 0.6 is 0 Å². The maximum atomic E-state index is 2.53. The van der Waals surface area contributed by atoms with Crippen molar-refractivity contribution in [3.05, 3.63) is 276 Å². The molecule has 0 saturated carbocycles. The van der Waals surface area contributed by atoms with Gasteiger partial charge in [0.1, 0.15) is 0 Å². The van der Waals surface area contributed by atoms with Gasteiger partial charge in [0.2, 0.25) is 0 Å². The molecule has 0 spiro atoms. The first kappa shape index (κ1) is 46.0. The lowest BCUT2D eigenvalue weighted by Crippen LogP contribution is -2.14. The summed E-state index contributed by atoms with van der Waals surface area (Å²) in [6, 6.07) is 92.8. The average Bonchev–Trinajstić information content (AvgIpc) is 4.06. The molecule has 0 nitrogen and oxygen atoms in total. The Kier molecular flexibility index (Phi) is 9.59. The average molecular weight is 1010 g/mol. The van der Waals surface area contributed by atoms with Crippen LogP contribution < -0.4 is 0 Å². The van der Waals surface area contributed by atoms with Crippen molar-refractivity contribution >= 4 is 43.1 Å². The molecule has 0 aliphatic heterocycles. The fourth-order valence-corrected chi connectivity index (χ4v) is 15.1. The molecule has 0 N–H and O–H groups in total. The molecular formula is C79H58. The second-order valence-electron chi connectivity index (χ2n) is 24.3. The van der Waals surface area contributed by atoms with E-state index in [1.54, 1.807) is 0 Å². The van der Waals surface area contributed by atoms with Gasteiger partial charge in [-0.2, -0.15) is 0 Å². The van der Waals surface area contributed by atoms with Gasteiger partial charge in [-0.25, -0.2) is 0 Å². The summed E-state index contributed by atoms with van der Waals surface area (Å²) in [5.74, 6) is 0. The first-order chi connectivity index (χ1) is 38.5. The minimum absolute atomic E-state index is 0.0687. The van der Waals surface area contributed by atoms with Crippen LogP contribution in [0.15, 0.2) is 243 Å². The van der Waals surface area contributed by atoms with Gasteiger partial charge in [0.25, 0.3) is 0 Å². The van der Waals surface area contributed by atoms with Crippen LogP contribution in [0.2, 0.25) is 0 Å². The van der Waals surface area contributed by atoms with E-state index in [0.29, 0.717) is 0 Å². The molecule has 0 heterocycles. The van der Waals surface area contributed by atoms with Crippen LogP contribution in [0.3, 0.4) is 0 Å². The Morgan fingerprint density at radius 1 is 0.177 bits per heavy atom. The van der Waals surface area contributed by atoms with Crippen molar-refractivity contribution in [3.63, 3.8) is 0 Å². The van der Waals surface area contributed by atoms with Crippen molar-refractivity contribution in [1.29, 1.82) is 0 Å². The lowest BCUT2D eigenvalue weighted by molar-refractivity contribution is 0.660. The second-order valence-corrected chi connectivity index (χ2v) is 24.3. The summed E-state index contributed by atoms with van der Waals surface area (Å²) in [5.41, 5.74) is 28.6. The Morgan fingerprint density at radius 2 is 0.430 bits per heavy atom. The van der Waals surface area contributed by atoms with Gasteiger partial charge >= 0.3 is 0 Å². The molecule has 0 aromatic heterocycles. The number of hydrogen-bond donors (Lipinski definition) is 0. The predicted molar refractivity (Wildman–Crippen MR) is 336 cm³/mol. The van der Waals surface area contributed by atoms with Crippen LogP contribution in [-0.2, 0) is 16.2 Å². The summed E-state index contributed by atoms with van der Waals surface area (Å²) in [4.78, 5) is 0. The first-order valence-corrected chi connectivity index (χ1v) is 28.2. The maximum Gasteiger partial charge on any atom is 0.0159 e. The van der Waals surface area contributed by atoms with Crippen molar-refractivity contribution < 1.29 is 0 Å². The minimum atomic E-state index is -0.129. The summed E-state index contributed by atoms with van der Waals surface area (Å²) >= 11 is 0. The van der Waals surface area contributed by atoms with Crippen LogP contribution in [0.5, 0.6) is 0 Å². The molecule has 374 valence electrons. The van der Waals surface area contributed by atoms with Crippen LogP contribution in [0.1, 0.15) is 74.9 Å². The van der Waals surface area contributed by atoms with E-state index in [4.69, 9.17) is 0 Å². The Balaban J connectivity index is 0.921. The highest BCUT2D eigenvalue weighted by Crippen LogP contribution is 2.55. The molecule has 0 heteroatoms. The van der Waals surface area contributed by atoms with E-state index < -0.39 is 0 Å². The molecule has 16 rings (SSSR count). The van der Waals surface area contributed by atoms with E-state index in [2.05, 4.69) is 284 Å². The van der Waals surface area contributed by atoms with E-state index in [-0.39, 0.29) is 16.2 Å². The summed E-state index contributed by atoms with van der Waals surface area (Å²) in [6.07, 6.45) is 0. The number of rotatable bonds is 5. The van der Waals surface area contributed by atoms with Crippen molar-refractivity contribution in [3.8, 4) is 89.0 Å². The molecule has 0 atom stereocenters. The molecule has 79 heavy (non-hydrogen) atoms. The second kappa shape index (κ2) is 16.5. The highest BCUT2D eigenvalue weighted by atomic mass is 14.4. The van der Waals surface area contributed by atoms with Crippen molar-refractivity contribution in [1.82, 2.24) is 0 Å². The first-order valence-electron chi connectivity index (χ1n) is 28.2. The lowest BCUT2D eigenvalue weighted by atomic mass is 9.79. The van der Waals surface area contributed by atoms with E-state index in [1.807, 2.05) is 0 Å². The molecule has 0 unspecified atom stereocenters. The van der Waals surface area contributed by atoms with Crippen LogP contribution in [0.4, 0.5) is 0 Å². The zero-order valence-electron chi connectivity index (χ0n) is 45.6. The topological polar surface area (TPSA) is 0 Å². The third-order valence-corrected chi connectivity index (χ3v) is 19.1. The summed E-state index contributed by atoms with van der Waals surface area (Å²) in [7, 11) is 0. The lowest BCUT2D eigenvalue weighted by Gasteiger charge is -2.24. The monoisotopic (exact) mass is 1010 g/mol. The Hall–Kier alpha value is -9.10. The van der Waals surface area contributed by atoms with Crippen molar-refractivity contribution in [2.24, 2.45) is 0 Å². The fourth-order valence-electron chi connectivity index (χ4n) is 15.1. The largest absolute Gasteiger partial charge is 0.0619 e. The Morgan fingerprint density at radius 3 is 0.823 bits per heavy atom. The molecule has 0 fully saturated rings. The molecule has 3 aliphatic rings. The Bertz CT molecular complexity index is 4730. The van der Waals surface area contributed by atoms with Crippen LogP contribution in [-0.4, -0.2) is 0 Å². The zero-order valence-corrected chi connectivity index (χ0v) is 45.6. The normalized spacial score (nSPS) is 14.8. The Labute approximate surface area is 463 Å². The minimum Gasteiger partial charge on any atom is -0.0619 e. The van der Waals surface area contributed by atoms with Crippen molar-refractivity contribution in [2.75, 3.05) is 0 Å². The maximum absolute atomic E-state index is 2.53. The molecule has 0 amide bonds. The number of benzene rings is 13. The molecule has 3 aliphatic carbocycles. The molecule has 0 saturated heterocycles. The fraction of sp³-hybridized carbons (Fsp3) is 0.114. The SMILES string of the molecule is CC1(C)c2ccccc2-c2ccc(-c3ccc(-c4c5ccccc5c(-c5ccc6c(c5)C(C)(C)c5ccccc5-6)c5ccc(-c6c7ccccc7c(-c7ccc8c(c7)C(C)(C)c7ccccc7-8)c7ccccc67)cc45)cc3)cc21. The van der Waals surface area contributed by atoms with Crippen LogP contribution in [0.25, 0.3) is 132 Å². The molecule has 0 bridgehead atoms. The van der Waals surface area contributed by atoms with Gasteiger partial charge in [0, 0.05) is 16.2 Å². The van der Waals surface area contributed by atoms with Crippen LogP contribution in [0, 0.1) is 0 Å². The highest BCUT2D eigenvalue weighted by Gasteiger charge is 2.38. The molecular weight excluding hydrogens is 949 g/mol. The van der Waals surface area contributed by atoms with E-state index in [1.165, 1.54) is 165 Å². The summed E-state index contributed by atoms with van der Waals surface area (Å²) in [6.45, 7) is 14.3. The van der Waals surface area contributed by atoms with Gasteiger partial charge in [-0.05, 0) is 190 Å². The van der Waals surface area contributed by atoms with Gasteiger partial charge in [0.05, 0.1) is 0 Å². The third kappa shape index (κ3) is 6.44. The molecule has 0 radical (unpaired) electrons. The predicted octanol–water partition coefficient (Wildman–Crippen LogP) is 21.6. The van der Waals surface area contributed by atoms with E-state index in [0.717, 1.165) is 0 Å².